The maximum Gasteiger partial charge on any atom is 0.258 e. The van der Waals surface area contributed by atoms with Gasteiger partial charge in [0.1, 0.15) is 17.6 Å². The molecule has 0 saturated carbocycles. The number of halogens is 3. The van der Waals surface area contributed by atoms with Crippen molar-refractivity contribution in [1.82, 2.24) is 10.2 Å². The molecular weight excluding hydrogens is 257 g/mol. The molecule has 1 aromatic carbocycles. The van der Waals surface area contributed by atoms with Crippen LogP contribution >= 0.6 is 0 Å². The molecule has 1 fully saturated rings. The van der Waals surface area contributed by atoms with Crippen LogP contribution in [0, 0.1) is 12.7 Å². The molecule has 1 saturated heterocycles. The van der Waals surface area contributed by atoms with Gasteiger partial charge in [-0.1, -0.05) is 6.07 Å². The normalized spacial score (nSPS) is 18.8. The van der Waals surface area contributed by atoms with Crippen molar-refractivity contribution in [2.45, 2.75) is 19.4 Å². The van der Waals surface area contributed by atoms with Crippen LogP contribution in [0.25, 0.3) is 0 Å². The number of nitrogens with zero attached hydrogens (tertiary/aromatic N) is 1. The highest BCUT2D eigenvalue weighted by Gasteiger charge is 2.34. The van der Waals surface area contributed by atoms with Crippen molar-refractivity contribution in [3.8, 4) is 5.75 Å². The van der Waals surface area contributed by atoms with Gasteiger partial charge in [-0.05, 0) is 18.6 Å². The molecule has 1 heterocycles. The summed E-state index contributed by atoms with van der Waals surface area (Å²) in [6.07, 6.45) is -2.75. The first-order chi connectivity index (χ1) is 9.02. The first kappa shape index (κ1) is 14.1. The molecule has 0 radical (unpaired) electrons. The van der Waals surface area contributed by atoms with Gasteiger partial charge in [-0.15, -0.1) is 0 Å². The number of phenolic OH excluding ortho intramolecular Hbond substituents is 1. The molecule has 0 aromatic heterocycles. The SMILES string of the molecule is Cc1ccc(F)c([C@H](C(F)F)N2CCNCC2)c1O. The molecule has 6 heteroatoms. The number of hydrogen-bond donors (Lipinski definition) is 2. The number of aromatic hydroxyl groups is 1. The Morgan fingerprint density at radius 1 is 1.26 bits per heavy atom. The van der Waals surface area contributed by atoms with E-state index in [0.29, 0.717) is 31.7 Å². The number of rotatable bonds is 3. The van der Waals surface area contributed by atoms with Gasteiger partial charge in [-0.2, -0.15) is 0 Å². The minimum Gasteiger partial charge on any atom is -0.507 e. The topological polar surface area (TPSA) is 35.5 Å². The summed E-state index contributed by atoms with van der Waals surface area (Å²) in [5.41, 5.74) is 0.106. The Kier molecular flexibility index (Phi) is 4.31. The van der Waals surface area contributed by atoms with E-state index in [1.165, 1.54) is 11.0 Å². The average Bonchev–Trinajstić information content (AvgIpc) is 2.39. The number of hydrogen-bond acceptors (Lipinski definition) is 3. The Hall–Kier alpha value is -1.27. The van der Waals surface area contributed by atoms with Crippen LogP contribution in [0.3, 0.4) is 0 Å². The zero-order valence-corrected chi connectivity index (χ0v) is 10.7. The van der Waals surface area contributed by atoms with Crippen LogP contribution in [0.4, 0.5) is 13.2 Å². The lowest BCUT2D eigenvalue weighted by Crippen LogP contribution is -2.47. The smallest absolute Gasteiger partial charge is 0.258 e. The van der Waals surface area contributed by atoms with Crippen molar-refractivity contribution in [3.63, 3.8) is 0 Å². The summed E-state index contributed by atoms with van der Waals surface area (Å²) < 4.78 is 40.5. The van der Waals surface area contributed by atoms with E-state index in [1.807, 2.05) is 0 Å². The van der Waals surface area contributed by atoms with Gasteiger partial charge in [0.25, 0.3) is 6.43 Å². The van der Waals surface area contributed by atoms with E-state index in [-0.39, 0.29) is 11.3 Å². The van der Waals surface area contributed by atoms with Gasteiger partial charge < -0.3 is 10.4 Å². The summed E-state index contributed by atoms with van der Waals surface area (Å²) >= 11 is 0. The largest absolute Gasteiger partial charge is 0.507 e. The fourth-order valence-corrected chi connectivity index (χ4v) is 2.40. The predicted molar refractivity (Wildman–Crippen MR) is 66.0 cm³/mol. The van der Waals surface area contributed by atoms with Crippen LogP contribution in [0.5, 0.6) is 5.75 Å². The molecule has 3 nitrogen and oxygen atoms in total. The monoisotopic (exact) mass is 274 g/mol. The molecule has 0 aliphatic carbocycles. The Morgan fingerprint density at radius 2 is 1.89 bits per heavy atom. The Morgan fingerprint density at radius 3 is 2.47 bits per heavy atom. The van der Waals surface area contributed by atoms with Crippen LogP contribution in [0.2, 0.25) is 0 Å². The lowest BCUT2D eigenvalue weighted by molar-refractivity contribution is 0.0151. The van der Waals surface area contributed by atoms with Crippen molar-refractivity contribution in [2.75, 3.05) is 26.2 Å². The molecule has 106 valence electrons. The first-order valence-electron chi connectivity index (χ1n) is 6.23. The summed E-state index contributed by atoms with van der Waals surface area (Å²) in [6.45, 7) is 3.54. The number of piperazine rings is 1. The minimum atomic E-state index is -2.75. The molecule has 19 heavy (non-hydrogen) atoms. The number of aryl methyl sites for hydroxylation is 1. The minimum absolute atomic E-state index is 0.295. The van der Waals surface area contributed by atoms with E-state index < -0.39 is 18.3 Å². The fraction of sp³-hybridized carbons (Fsp3) is 0.538. The van der Waals surface area contributed by atoms with Crippen molar-refractivity contribution in [1.29, 1.82) is 0 Å². The number of phenols is 1. The first-order valence-corrected chi connectivity index (χ1v) is 6.23. The van der Waals surface area contributed by atoms with Crippen molar-refractivity contribution >= 4 is 0 Å². The van der Waals surface area contributed by atoms with E-state index >= 15 is 0 Å². The van der Waals surface area contributed by atoms with Crippen LogP contribution in [-0.4, -0.2) is 42.6 Å². The molecule has 0 amide bonds. The maximum absolute atomic E-state index is 13.9. The van der Waals surface area contributed by atoms with Gasteiger partial charge in [0.05, 0.1) is 5.56 Å². The second-order valence-electron chi connectivity index (χ2n) is 4.69. The van der Waals surface area contributed by atoms with E-state index in [9.17, 15) is 18.3 Å². The third kappa shape index (κ3) is 2.84. The Bertz CT molecular complexity index is 448. The zero-order valence-electron chi connectivity index (χ0n) is 10.7. The molecule has 1 aromatic rings. The van der Waals surface area contributed by atoms with Crippen LogP contribution in [-0.2, 0) is 0 Å². The maximum atomic E-state index is 13.9. The fourth-order valence-electron chi connectivity index (χ4n) is 2.40. The van der Waals surface area contributed by atoms with Gasteiger partial charge in [0.15, 0.2) is 0 Å². The highest BCUT2D eigenvalue weighted by molar-refractivity contribution is 5.42. The molecule has 1 aliphatic rings. The Labute approximate surface area is 110 Å². The van der Waals surface area contributed by atoms with Crippen molar-refractivity contribution in [3.05, 3.63) is 29.1 Å². The van der Waals surface area contributed by atoms with Crippen LogP contribution in [0.1, 0.15) is 17.2 Å². The van der Waals surface area contributed by atoms with E-state index in [0.717, 1.165) is 6.07 Å². The third-order valence-corrected chi connectivity index (χ3v) is 3.45. The third-order valence-electron chi connectivity index (χ3n) is 3.45. The molecular formula is C13H17F3N2O. The highest BCUT2D eigenvalue weighted by Crippen LogP contribution is 2.37. The van der Waals surface area contributed by atoms with E-state index in [4.69, 9.17) is 0 Å². The van der Waals surface area contributed by atoms with Gasteiger partial charge >= 0.3 is 0 Å². The van der Waals surface area contributed by atoms with Crippen LogP contribution in [0.15, 0.2) is 12.1 Å². The number of alkyl halides is 2. The van der Waals surface area contributed by atoms with Gasteiger partial charge in [-0.3, -0.25) is 4.90 Å². The van der Waals surface area contributed by atoms with Gasteiger partial charge in [-0.25, -0.2) is 13.2 Å². The van der Waals surface area contributed by atoms with E-state index in [1.54, 1.807) is 6.92 Å². The summed E-state index contributed by atoms with van der Waals surface area (Å²) in [6, 6.07) is 1.11. The molecule has 2 N–H and O–H groups in total. The quantitative estimate of drug-likeness (QED) is 0.885. The van der Waals surface area contributed by atoms with Gasteiger partial charge in [0.2, 0.25) is 0 Å². The Balaban J connectivity index is 2.41. The number of nitrogens with one attached hydrogen (secondary N) is 1. The molecule has 2 rings (SSSR count). The van der Waals surface area contributed by atoms with Crippen LogP contribution < -0.4 is 5.32 Å². The summed E-state index contributed by atoms with van der Waals surface area (Å²) in [5, 5.41) is 13.0. The summed E-state index contributed by atoms with van der Waals surface area (Å²) in [7, 11) is 0. The van der Waals surface area contributed by atoms with E-state index in [2.05, 4.69) is 5.32 Å². The lowest BCUT2D eigenvalue weighted by Gasteiger charge is -2.35. The molecule has 1 aliphatic heterocycles. The second kappa shape index (κ2) is 5.79. The highest BCUT2D eigenvalue weighted by atomic mass is 19.3. The summed E-state index contributed by atoms with van der Waals surface area (Å²) in [5.74, 6) is -1.16. The summed E-state index contributed by atoms with van der Waals surface area (Å²) in [4.78, 5) is 1.51. The standard InChI is InChI=1S/C13H17F3N2O/c1-8-2-3-9(14)10(12(8)19)11(13(15)16)18-6-4-17-5-7-18/h2-3,11,13,17,19H,4-7H2,1H3/t11-/m1/s1. The zero-order chi connectivity index (χ0) is 14.0. The molecule has 0 spiro atoms. The van der Waals surface area contributed by atoms with Crippen molar-refractivity contribution in [2.24, 2.45) is 0 Å². The van der Waals surface area contributed by atoms with Crippen molar-refractivity contribution < 1.29 is 18.3 Å². The van der Waals surface area contributed by atoms with Gasteiger partial charge in [0, 0.05) is 26.2 Å². The molecule has 1 atom stereocenters. The molecule has 0 unspecified atom stereocenters. The molecule has 0 bridgehead atoms. The lowest BCUT2D eigenvalue weighted by atomic mass is 10.00. The average molecular weight is 274 g/mol. The predicted octanol–water partition coefficient (Wildman–Crippen LogP) is 2.05. The second-order valence-corrected chi connectivity index (χ2v) is 4.69. The number of benzene rings is 1.